The molecule has 2 saturated heterocycles. The molecule has 3 heterocycles. The van der Waals surface area contributed by atoms with Crippen LogP contribution in [-0.4, -0.2) is 49.2 Å². The highest BCUT2D eigenvalue weighted by Crippen LogP contribution is 2.21. The molecule has 0 aliphatic carbocycles. The molecule has 0 radical (unpaired) electrons. The maximum atomic E-state index is 12.5. The summed E-state index contributed by atoms with van der Waals surface area (Å²) in [6, 6.07) is 9.79. The van der Waals surface area contributed by atoms with E-state index in [1.807, 2.05) is 24.3 Å². The van der Waals surface area contributed by atoms with E-state index in [0.29, 0.717) is 19.0 Å². The lowest BCUT2D eigenvalue weighted by atomic mass is 10.1. The van der Waals surface area contributed by atoms with Gasteiger partial charge in [-0.3, -0.25) is 9.69 Å². The first-order valence-electron chi connectivity index (χ1n) is 7.92. The van der Waals surface area contributed by atoms with Crippen molar-refractivity contribution in [3.05, 3.63) is 36.1 Å². The molecule has 1 N–H and O–H groups in total. The molecular weight excluding hydrogens is 280 g/mol. The van der Waals surface area contributed by atoms with E-state index in [1.165, 1.54) is 12.8 Å². The van der Waals surface area contributed by atoms with Gasteiger partial charge in [0.2, 0.25) is 0 Å². The summed E-state index contributed by atoms with van der Waals surface area (Å²) in [4.78, 5) is 14.9. The number of likely N-dealkylation sites (tertiary alicyclic amines) is 1. The van der Waals surface area contributed by atoms with Crippen molar-refractivity contribution in [1.29, 1.82) is 0 Å². The van der Waals surface area contributed by atoms with Gasteiger partial charge in [-0.1, -0.05) is 18.2 Å². The fourth-order valence-electron chi connectivity index (χ4n) is 3.45. The number of nitrogens with zero attached hydrogens (tertiary/aromatic N) is 1. The summed E-state index contributed by atoms with van der Waals surface area (Å²) in [7, 11) is 0. The second-order valence-corrected chi connectivity index (χ2v) is 6.08. The van der Waals surface area contributed by atoms with Crippen LogP contribution in [0.4, 0.5) is 0 Å². The number of benzene rings is 1. The Morgan fingerprint density at radius 2 is 2.00 bits per heavy atom. The number of para-hydroxylation sites is 1. The molecule has 0 saturated carbocycles. The molecule has 22 heavy (non-hydrogen) atoms. The Hall–Kier alpha value is -1.85. The fraction of sp³-hybridized carbons (Fsp3) is 0.471. The van der Waals surface area contributed by atoms with Crippen molar-refractivity contribution in [3.63, 3.8) is 0 Å². The van der Waals surface area contributed by atoms with E-state index in [4.69, 9.17) is 9.15 Å². The SMILES string of the molecule is O=C(N[C@H]1COC[C@@H]1N1CCCC1)c1cc2ccccc2o1. The Kier molecular flexibility index (Phi) is 3.60. The van der Waals surface area contributed by atoms with Crippen molar-refractivity contribution in [2.75, 3.05) is 26.3 Å². The van der Waals surface area contributed by atoms with Gasteiger partial charge in [-0.25, -0.2) is 0 Å². The molecule has 116 valence electrons. The van der Waals surface area contributed by atoms with Gasteiger partial charge in [0.1, 0.15) is 5.58 Å². The average molecular weight is 300 g/mol. The Morgan fingerprint density at radius 1 is 1.18 bits per heavy atom. The van der Waals surface area contributed by atoms with Gasteiger partial charge in [-0.2, -0.15) is 0 Å². The zero-order chi connectivity index (χ0) is 14.9. The number of hydrogen-bond donors (Lipinski definition) is 1. The molecule has 2 atom stereocenters. The van der Waals surface area contributed by atoms with E-state index in [0.717, 1.165) is 24.1 Å². The van der Waals surface area contributed by atoms with Crippen LogP contribution in [0.25, 0.3) is 11.0 Å². The average Bonchev–Trinajstić information content (AvgIpc) is 3.26. The Labute approximate surface area is 129 Å². The third kappa shape index (κ3) is 2.51. The van der Waals surface area contributed by atoms with E-state index in [2.05, 4.69) is 10.2 Å². The second kappa shape index (κ2) is 5.74. The molecular formula is C17H20N2O3. The predicted molar refractivity (Wildman–Crippen MR) is 82.9 cm³/mol. The van der Waals surface area contributed by atoms with Crippen molar-refractivity contribution in [2.24, 2.45) is 0 Å². The van der Waals surface area contributed by atoms with E-state index in [-0.39, 0.29) is 18.0 Å². The van der Waals surface area contributed by atoms with Gasteiger partial charge < -0.3 is 14.5 Å². The lowest BCUT2D eigenvalue weighted by Gasteiger charge is -2.27. The molecule has 1 amide bonds. The lowest BCUT2D eigenvalue weighted by molar-refractivity contribution is 0.0890. The van der Waals surface area contributed by atoms with Crippen LogP contribution in [0, 0.1) is 0 Å². The number of nitrogens with one attached hydrogen (secondary N) is 1. The zero-order valence-corrected chi connectivity index (χ0v) is 12.5. The third-order valence-electron chi connectivity index (χ3n) is 4.63. The van der Waals surface area contributed by atoms with Gasteiger partial charge in [-0.05, 0) is 38.1 Å². The summed E-state index contributed by atoms with van der Waals surface area (Å²) < 4.78 is 11.2. The second-order valence-electron chi connectivity index (χ2n) is 6.08. The third-order valence-corrected chi connectivity index (χ3v) is 4.63. The normalized spacial score (nSPS) is 25.8. The molecule has 4 rings (SSSR count). The number of furan rings is 1. The van der Waals surface area contributed by atoms with Gasteiger partial charge >= 0.3 is 0 Å². The van der Waals surface area contributed by atoms with Gasteiger partial charge in [-0.15, -0.1) is 0 Å². The number of carbonyl (C=O) groups excluding carboxylic acids is 1. The fourth-order valence-corrected chi connectivity index (χ4v) is 3.45. The molecule has 5 nitrogen and oxygen atoms in total. The van der Waals surface area contributed by atoms with Crippen molar-refractivity contribution in [2.45, 2.75) is 24.9 Å². The maximum Gasteiger partial charge on any atom is 0.287 e. The Bertz CT molecular complexity index is 642. The highest BCUT2D eigenvalue weighted by atomic mass is 16.5. The minimum Gasteiger partial charge on any atom is -0.451 e. The molecule has 0 bridgehead atoms. The van der Waals surface area contributed by atoms with Gasteiger partial charge in [0.25, 0.3) is 5.91 Å². The largest absolute Gasteiger partial charge is 0.451 e. The van der Waals surface area contributed by atoms with Crippen LogP contribution >= 0.6 is 0 Å². The topological polar surface area (TPSA) is 54.7 Å². The zero-order valence-electron chi connectivity index (χ0n) is 12.5. The molecule has 2 aliphatic rings. The van der Waals surface area contributed by atoms with Crippen molar-refractivity contribution in [1.82, 2.24) is 10.2 Å². The first kappa shape index (κ1) is 13.8. The van der Waals surface area contributed by atoms with Crippen LogP contribution in [0.2, 0.25) is 0 Å². The summed E-state index contributed by atoms with van der Waals surface area (Å²) in [6.45, 7) is 3.48. The number of fused-ring (bicyclic) bond motifs is 1. The summed E-state index contributed by atoms with van der Waals surface area (Å²) in [5.41, 5.74) is 0.742. The molecule has 2 aliphatic heterocycles. The smallest absolute Gasteiger partial charge is 0.287 e. The van der Waals surface area contributed by atoms with Crippen LogP contribution < -0.4 is 5.32 Å². The highest BCUT2D eigenvalue weighted by Gasteiger charge is 2.35. The van der Waals surface area contributed by atoms with E-state index < -0.39 is 0 Å². The van der Waals surface area contributed by atoms with Crippen molar-refractivity contribution in [3.8, 4) is 0 Å². The number of ether oxygens (including phenoxy) is 1. The molecule has 1 aromatic heterocycles. The molecule has 5 heteroatoms. The number of hydrogen-bond acceptors (Lipinski definition) is 4. The molecule has 0 spiro atoms. The summed E-state index contributed by atoms with van der Waals surface area (Å²) >= 11 is 0. The molecule has 1 aromatic carbocycles. The van der Waals surface area contributed by atoms with Crippen molar-refractivity contribution < 1.29 is 13.9 Å². The van der Waals surface area contributed by atoms with E-state index >= 15 is 0 Å². The van der Waals surface area contributed by atoms with Crippen LogP contribution in [-0.2, 0) is 4.74 Å². The van der Waals surface area contributed by atoms with Crippen molar-refractivity contribution >= 4 is 16.9 Å². The number of carbonyl (C=O) groups is 1. The minimum absolute atomic E-state index is 0.0406. The molecule has 2 fully saturated rings. The minimum atomic E-state index is -0.157. The van der Waals surface area contributed by atoms with Crippen LogP contribution in [0.15, 0.2) is 34.7 Å². The van der Waals surface area contributed by atoms with Crippen LogP contribution in [0.1, 0.15) is 23.4 Å². The standard InChI is InChI=1S/C17H20N2O3/c20-17(16-9-12-5-1-2-6-15(12)22-16)18-13-10-21-11-14(13)19-7-3-4-8-19/h1-2,5-6,9,13-14H,3-4,7-8,10-11H2,(H,18,20)/t13-,14-/m0/s1. The predicted octanol–water partition coefficient (Wildman–Crippen LogP) is 2.03. The first-order valence-corrected chi connectivity index (χ1v) is 7.92. The summed E-state index contributed by atoms with van der Waals surface area (Å²) in [5.74, 6) is 0.212. The first-order chi connectivity index (χ1) is 10.8. The van der Waals surface area contributed by atoms with Crippen LogP contribution in [0.3, 0.4) is 0 Å². The molecule has 2 aromatic rings. The summed E-state index contributed by atoms with van der Waals surface area (Å²) in [6.07, 6.45) is 2.47. The van der Waals surface area contributed by atoms with Crippen LogP contribution in [0.5, 0.6) is 0 Å². The monoisotopic (exact) mass is 300 g/mol. The van der Waals surface area contributed by atoms with Gasteiger partial charge in [0.05, 0.1) is 25.3 Å². The van der Waals surface area contributed by atoms with E-state index in [9.17, 15) is 4.79 Å². The number of rotatable bonds is 3. The van der Waals surface area contributed by atoms with Gasteiger partial charge in [0.15, 0.2) is 5.76 Å². The quantitative estimate of drug-likeness (QED) is 0.942. The summed E-state index contributed by atoms with van der Waals surface area (Å²) in [5, 5.41) is 4.03. The maximum absolute atomic E-state index is 12.5. The lowest BCUT2D eigenvalue weighted by Crippen LogP contribution is -2.50. The highest BCUT2D eigenvalue weighted by molar-refractivity contribution is 5.96. The Morgan fingerprint density at radius 3 is 2.82 bits per heavy atom. The Balaban J connectivity index is 1.48. The van der Waals surface area contributed by atoms with E-state index in [1.54, 1.807) is 6.07 Å². The van der Waals surface area contributed by atoms with Gasteiger partial charge in [0, 0.05) is 5.39 Å². The molecule has 0 unspecified atom stereocenters. The number of amides is 1.